The van der Waals surface area contributed by atoms with Gasteiger partial charge in [0.25, 0.3) is 0 Å². The summed E-state index contributed by atoms with van der Waals surface area (Å²) in [5.74, 6) is 0.286. The molecular formula is C16H20F3N3O2. The van der Waals surface area contributed by atoms with E-state index in [0.717, 1.165) is 25.1 Å². The molecule has 24 heavy (non-hydrogen) atoms. The third-order valence-electron chi connectivity index (χ3n) is 4.35. The molecule has 0 aromatic heterocycles. The average molecular weight is 343 g/mol. The van der Waals surface area contributed by atoms with E-state index >= 15 is 0 Å². The van der Waals surface area contributed by atoms with E-state index in [1.165, 1.54) is 12.1 Å². The predicted molar refractivity (Wildman–Crippen MR) is 81.2 cm³/mol. The van der Waals surface area contributed by atoms with E-state index in [9.17, 15) is 18.0 Å². The molecule has 2 aliphatic rings. The molecule has 3 rings (SSSR count). The van der Waals surface area contributed by atoms with Crippen molar-refractivity contribution in [3.8, 4) is 5.75 Å². The van der Waals surface area contributed by atoms with Crippen molar-refractivity contribution in [2.75, 3.05) is 19.6 Å². The molecule has 1 atom stereocenters. The van der Waals surface area contributed by atoms with Crippen molar-refractivity contribution >= 4 is 5.91 Å². The number of carbonyl (C=O) groups is 1. The van der Waals surface area contributed by atoms with E-state index in [-0.39, 0.29) is 23.8 Å². The molecule has 1 aromatic rings. The van der Waals surface area contributed by atoms with Gasteiger partial charge in [0.05, 0.1) is 5.56 Å². The molecule has 1 amide bonds. The number of nitrogens with zero attached hydrogens (tertiary/aromatic N) is 1. The van der Waals surface area contributed by atoms with Crippen LogP contribution in [-0.4, -0.2) is 42.6 Å². The van der Waals surface area contributed by atoms with Crippen LogP contribution >= 0.6 is 0 Å². The van der Waals surface area contributed by atoms with Crippen LogP contribution in [0.5, 0.6) is 5.75 Å². The van der Waals surface area contributed by atoms with Gasteiger partial charge in [0.15, 0.2) is 0 Å². The van der Waals surface area contributed by atoms with Crippen molar-refractivity contribution in [3.63, 3.8) is 0 Å². The van der Waals surface area contributed by atoms with Gasteiger partial charge in [-0.15, -0.1) is 0 Å². The predicted octanol–water partition coefficient (Wildman–Crippen LogP) is 1.94. The van der Waals surface area contributed by atoms with Crippen LogP contribution in [0.1, 0.15) is 24.8 Å². The number of amides is 1. The molecule has 132 valence electrons. The fraction of sp³-hybridized carbons (Fsp3) is 0.562. The molecule has 2 heterocycles. The minimum atomic E-state index is -4.38. The Bertz CT molecular complexity index is 580. The second-order valence-electron chi connectivity index (χ2n) is 6.08. The number of ether oxygens (including phenoxy) is 1. The van der Waals surface area contributed by atoms with Gasteiger partial charge < -0.3 is 9.64 Å². The van der Waals surface area contributed by atoms with E-state index < -0.39 is 11.7 Å². The lowest BCUT2D eigenvalue weighted by molar-refractivity contribution is -0.138. The SMILES string of the molecule is O=C(C1CCNN1)N1CCC(Oc2cccc(C(F)(F)F)c2)CC1. The van der Waals surface area contributed by atoms with Gasteiger partial charge in [-0.05, 0) is 24.6 Å². The molecule has 0 bridgehead atoms. The highest BCUT2D eigenvalue weighted by Crippen LogP contribution is 2.32. The van der Waals surface area contributed by atoms with Gasteiger partial charge >= 0.3 is 6.18 Å². The number of nitrogens with one attached hydrogen (secondary N) is 2. The van der Waals surface area contributed by atoms with Crippen molar-refractivity contribution in [1.29, 1.82) is 0 Å². The first-order valence-corrected chi connectivity index (χ1v) is 8.04. The zero-order chi connectivity index (χ0) is 17.2. The minimum absolute atomic E-state index is 0.0671. The molecule has 8 heteroatoms. The van der Waals surface area contributed by atoms with Crippen molar-refractivity contribution in [1.82, 2.24) is 15.8 Å². The summed E-state index contributed by atoms with van der Waals surface area (Å²) in [6.07, 6.45) is -2.56. The van der Waals surface area contributed by atoms with Crippen LogP contribution in [0.2, 0.25) is 0 Å². The summed E-state index contributed by atoms with van der Waals surface area (Å²) in [6, 6.07) is 4.73. The van der Waals surface area contributed by atoms with E-state index in [2.05, 4.69) is 10.9 Å². The summed E-state index contributed by atoms with van der Waals surface area (Å²) < 4.78 is 43.8. The molecular weight excluding hydrogens is 323 g/mol. The maximum atomic E-state index is 12.7. The van der Waals surface area contributed by atoms with E-state index in [0.29, 0.717) is 25.9 Å². The highest BCUT2D eigenvalue weighted by Gasteiger charge is 2.32. The number of hydrogen-bond donors (Lipinski definition) is 2. The molecule has 2 aliphatic heterocycles. The van der Waals surface area contributed by atoms with Gasteiger partial charge in [0.1, 0.15) is 17.9 Å². The third kappa shape index (κ3) is 3.99. The molecule has 2 N–H and O–H groups in total. The van der Waals surface area contributed by atoms with Crippen molar-refractivity contribution in [3.05, 3.63) is 29.8 Å². The number of piperidine rings is 1. The first-order valence-electron chi connectivity index (χ1n) is 8.04. The summed E-state index contributed by atoms with van der Waals surface area (Å²) in [6.45, 7) is 1.88. The number of likely N-dealkylation sites (tertiary alicyclic amines) is 1. The fourth-order valence-electron chi connectivity index (χ4n) is 3.02. The first-order chi connectivity index (χ1) is 11.4. The van der Waals surface area contributed by atoms with Gasteiger partial charge in [-0.2, -0.15) is 13.2 Å². The summed E-state index contributed by atoms with van der Waals surface area (Å²) in [5.41, 5.74) is 5.17. The van der Waals surface area contributed by atoms with Crippen LogP contribution in [0.15, 0.2) is 24.3 Å². The molecule has 1 unspecified atom stereocenters. The second-order valence-corrected chi connectivity index (χ2v) is 6.08. The fourth-order valence-corrected chi connectivity index (χ4v) is 3.02. The number of hydrogen-bond acceptors (Lipinski definition) is 4. The quantitative estimate of drug-likeness (QED) is 0.881. The standard InChI is InChI=1S/C16H20F3N3O2/c17-16(18,19)11-2-1-3-13(10-11)24-12-5-8-22(9-6-12)15(23)14-4-7-20-21-14/h1-3,10,12,14,20-21H,4-9H2. The molecule has 2 fully saturated rings. The van der Waals surface area contributed by atoms with Gasteiger partial charge in [-0.1, -0.05) is 6.07 Å². The van der Waals surface area contributed by atoms with E-state index in [4.69, 9.17) is 4.74 Å². The summed E-state index contributed by atoms with van der Waals surface area (Å²) in [5, 5.41) is 0. The average Bonchev–Trinajstić information content (AvgIpc) is 3.09. The van der Waals surface area contributed by atoms with Crippen LogP contribution in [0.25, 0.3) is 0 Å². The Labute approximate surface area is 138 Å². The van der Waals surface area contributed by atoms with Crippen molar-refractivity contribution in [2.45, 2.75) is 37.6 Å². The smallest absolute Gasteiger partial charge is 0.416 e. The number of carbonyl (C=O) groups excluding carboxylic acids is 1. The Balaban J connectivity index is 1.53. The van der Waals surface area contributed by atoms with E-state index in [1.54, 1.807) is 4.90 Å². The maximum Gasteiger partial charge on any atom is 0.416 e. The number of rotatable bonds is 3. The zero-order valence-corrected chi connectivity index (χ0v) is 13.1. The molecule has 1 aromatic carbocycles. The number of alkyl halides is 3. The Morgan fingerprint density at radius 2 is 1.96 bits per heavy atom. The Morgan fingerprint density at radius 3 is 2.58 bits per heavy atom. The maximum absolute atomic E-state index is 12.7. The summed E-state index contributed by atoms with van der Waals surface area (Å²) in [4.78, 5) is 14.1. The van der Waals surface area contributed by atoms with E-state index in [1.807, 2.05) is 0 Å². The van der Waals surface area contributed by atoms with Crippen LogP contribution in [-0.2, 0) is 11.0 Å². The highest BCUT2D eigenvalue weighted by atomic mass is 19.4. The summed E-state index contributed by atoms with van der Waals surface area (Å²) in [7, 11) is 0. The highest BCUT2D eigenvalue weighted by molar-refractivity contribution is 5.82. The van der Waals surface area contributed by atoms with Crippen LogP contribution in [0.4, 0.5) is 13.2 Å². The lowest BCUT2D eigenvalue weighted by atomic mass is 10.1. The molecule has 2 saturated heterocycles. The lowest BCUT2D eigenvalue weighted by Crippen LogP contribution is -2.49. The largest absolute Gasteiger partial charge is 0.490 e. The first kappa shape index (κ1) is 17.0. The number of halogens is 3. The van der Waals surface area contributed by atoms with Crippen LogP contribution < -0.4 is 15.6 Å². The molecule has 5 nitrogen and oxygen atoms in total. The minimum Gasteiger partial charge on any atom is -0.490 e. The third-order valence-corrected chi connectivity index (χ3v) is 4.35. The van der Waals surface area contributed by atoms with Crippen LogP contribution in [0, 0.1) is 0 Å². The molecule has 0 saturated carbocycles. The van der Waals surface area contributed by atoms with Gasteiger partial charge in [0, 0.05) is 32.5 Å². The molecule has 0 radical (unpaired) electrons. The topological polar surface area (TPSA) is 53.6 Å². The zero-order valence-electron chi connectivity index (χ0n) is 13.1. The van der Waals surface area contributed by atoms with Crippen molar-refractivity contribution < 1.29 is 22.7 Å². The summed E-state index contributed by atoms with van der Waals surface area (Å²) >= 11 is 0. The number of hydrazine groups is 1. The monoisotopic (exact) mass is 343 g/mol. The van der Waals surface area contributed by atoms with Crippen LogP contribution in [0.3, 0.4) is 0 Å². The Hall–Kier alpha value is -1.80. The van der Waals surface area contributed by atoms with Gasteiger partial charge in [-0.25, -0.2) is 5.43 Å². The normalized spacial score (nSPS) is 22.6. The molecule has 0 spiro atoms. The second kappa shape index (κ2) is 6.98. The van der Waals surface area contributed by atoms with Gasteiger partial charge in [0.2, 0.25) is 5.91 Å². The van der Waals surface area contributed by atoms with Crippen molar-refractivity contribution in [2.24, 2.45) is 0 Å². The number of benzene rings is 1. The van der Waals surface area contributed by atoms with Gasteiger partial charge in [-0.3, -0.25) is 10.2 Å². The molecule has 0 aliphatic carbocycles. The Morgan fingerprint density at radius 1 is 1.21 bits per heavy atom. The Kier molecular flexibility index (Phi) is 4.96. The lowest BCUT2D eigenvalue weighted by Gasteiger charge is -2.33.